The lowest BCUT2D eigenvalue weighted by Gasteiger charge is -2.07. The van der Waals surface area contributed by atoms with Crippen LogP contribution in [0.15, 0.2) is 24.9 Å². The molecule has 0 aliphatic heterocycles. The smallest absolute Gasteiger partial charge is 0.101 e. The van der Waals surface area contributed by atoms with Crippen molar-refractivity contribution in [1.82, 2.24) is 14.4 Å². The van der Waals surface area contributed by atoms with Crippen molar-refractivity contribution in [1.29, 1.82) is 0 Å². The highest BCUT2D eigenvalue weighted by Crippen LogP contribution is 2.16. The zero-order valence-corrected chi connectivity index (χ0v) is 7.94. The molecule has 2 aromatic heterocycles. The lowest BCUT2D eigenvalue weighted by atomic mass is 10.1. The van der Waals surface area contributed by atoms with Gasteiger partial charge in [-0.15, -0.1) is 0 Å². The molecular weight excluding hydrogens is 162 g/mol. The highest BCUT2D eigenvalue weighted by atomic mass is 15.0. The molecule has 0 bridgehead atoms. The zero-order valence-electron chi connectivity index (χ0n) is 7.94. The van der Waals surface area contributed by atoms with Crippen molar-refractivity contribution < 1.29 is 0 Å². The van der Waals surface area contributed by atoms with Gasteiger partial charge < -0.3 is 0 Å². The van der Waals surface area contributed by atoms with E-state index in [1.807, 2.05) is 16.9 Å². The summed E-state index contributed by atoms with van der Waals surface area (Å²) in [5.41, 5.74) is 2.26. The molecule has 0 fully saturated rings. The van der Waals surface area contributed by atoms with Gasteiger partial charge in [0, 0.05) is 5.69 Å². The minimum Gasteiger partial charge on any atom is -0.290 e. The van der Waals surface area contributed by atoms with Crippen LogP contribution in [-0.2, 0) is 0 Å². The van der Waals surface area contributed by atoms with Crippen molar-refractivity contribution in [2.75, 3.05) is 0 Å². The van der Waals surface area contributed by atoms with Gasteiger partial charge in [0.1, 0.15) is 12.7 Å². The lowest BCUT2D eigenvalue weighted by Crippen LogP contribution is -1.97. The van der Waals surface area contributed by atoms with Crippen LogP contribution in [0.3, 0.4) is 0 Å². The normalized spacial score (nSPS) is 13.4. The van der Waals surface area contributed by atoms with Crippen molar-refractivity contribution in [3.63, 3.8) is 0 Å². The third kappa shape index (κ3) is 1.41. The maximum Gasteiger partial charge on any atom is 0.101 e. The Morgan fingerprint density at radius 3 is 3.08 bits per heavy atom. The van der Waals surface area contributed by atoms with Crippen molar-refractivity contribution in [3.8, 4) is 0 Å². The Balaban J connectivity index is 2.48. The number of hydrogen-bond acceptors (Lipinski definition) is 2. The summed E-state index contributed by atoms with van der Waals surface area (Å²) in [4.78, 5) is 8.42. The van der Waals surface area contributed by atoms with Gasteiger partial charge in [-0.05, 0) is 18.4 Å². The van der Waals surface area contributed by atoms with Gasteiger partial charge in [0.2, 0.25) is 0 Å². The van der Waals surface area contributed by atoms with Crippen LogP contribution >= 0.6 is 0 Å². The van der Waals surface area contributed by atoms with E-state index in [0.29, 0.717) is 5.92 Å². The largest absolute Gasteiger partial charge is 0.290 e. The Morgan fingerprint density at radius 2 is 2.31 bits per heavy atom. The number of hydrogen-bond donors (Lipinski definition) is 0. The fourth-order valence-electron chi connectivity index (χ4n) is 1.32. The highest BCUT2D eigenvalue weighted by molar-refractivity contribution is 5.45. The van der Waals surface area contributed by atoms with E-state index in [4.69, 9.17) is 0 Å². The quantitative estimate of drug-likeness (QED) is 0.700. The molecule has 1 atom stereocenters. The molecule has 0 saturated heterocycles. The number of aromatic nitrogens is 3. The molecular formula is C10H13N3. The lowest BCUT2D eigenvalue weighted by molar-refractivity contribution is 0.704. The van der Waals surface area contributed by atoms with Crippen LogP contribution in [0.2, 0.25) is 0 Å². The van der Waals surface area contributed by atoms with Crippen molar-refractivity contribution in [2.24, 2.45) is 0 Å². The number of fused-ring (bicyclic) bond motifs is 1. The molecule has 0 amide bonds. The maximum atomic E-state index is 4.37. The molecule has 0 spiro atoms. The average Bonchev–Trinajstić information content (AvgIpc) is 2.63. The van der Waals surface area contributed by atoms with Crippen molar-refractivity contribution in [3.05, 3.63) is 30.6 Å². The molecule has 2 heterocycles. The van der Waals surface area contributed by atoms with Crippen LogP contribution in [0.25, 0.3) is 5.52 Å². The molecule has 0 N–H and O–H groups in total. The minimum absolute atomic E-state index is 0.528. The van der Waals surface area contributed by atoms with E-state index in [-0.39, 0.29) is 0 Å². The first-order chi connectivity index (χ1) is 6.31. The topological polar surface area (TPSA) is 30.2 Å². The molecule has 2 aromatic rings. The zero-order chi connectivity index (χ0) is 9.26. The third-order valence-electron chi connectivity index (χ3n) is 2.44. The summed E-state index contributed by atoms with van der Waals surface area (Å²) >= 11 is 0. The summed E-state index contributed by atoms with van der Waals surface area (Å²) in [6.45, 7) is 4.36. The molecule has 68 valence electrons. The molecule has 3 heteroatoms. The first kappa shape index (κ1) is 8.23. The van der Waals surface area contributed by atoms with Crippen LogP contribution < -0.4 is 0 Å². The van der Waals surface area contributed by atoms with Crippen LogP contribution in [0.5, 0.6) is 0 Å². The SMILES string of the molecule is CCC(C)c1cc2cncn2cn1. The van der Waals surface area contributed by atoms with Crippen molar-refractivity contribution >= 4 is 5.52 Å². The van der Waals surface area contributed by atoms with Gasteiger partial charge in [-0.3, -0.25) is 4.40 Å². The summed E-state index contributed by atoms with van der Waals surface area (Å²) in [5.74, 6) is 0.528. The van der Waals surface area contributed by atoms with Gasteiger partial charge in [-0.25, -0.2) is 9.97 Å². The second-order valence-electron chi connectivity index (χ2n) is 3.35. The monoisotopic (exact) mass is 175 g/mol. The molecule has 0 radical (unpaired) electrons. The number of imidazole rings is 1. The summed E-state index contributed by atoms with van der Waals surface area (Å²) in [5, 5.41) is 0. The van der Waals surface area contributed by atoms with Crippen LogP contribution in [-0.4, -0.2) is 14.4 Å². The fraction of sp³-hybridized carbons (Fsp3) is 0.400. The Kier molecular flexibility index (Phi) is 2.00. The summed E-state index contributed by atoms with van der Waals surface area (Å²) in [7, 11) is 0. The second kappa shape index (κ2) is 3.17. The first-order valence-electron chi connectivity index (χ1n) is 4.59. The van der Waals surface area contributed by atoms with Gasteiger partial charge in [-0.2, -0.15) is 0 Å². The highest BCUT2D eigenvalue weighted by Gasteiger charge is 2.04. The van der Waals surface area contributed by atoms with Crippen molar-refractivity contribution in [2.45, 2.75) is 26.2 Å². The fourth-order valence-corrected chi connectivity index (χ4v) is 1.32. The summed E-state index contributed by atoms with van der Waals surface area (Å²) in [6.07, 6.45) is 6.57. The molecule has 3 nitrogen and oxygen atoms in total. The Bertz CT molecular complexity index is 405. The predicted octanol–water partition coefficient (Wildman–Crippen LogP) is 2.24. The second-order valence-corrected chi connectivity index (χ2v) is 3.35. The molecule has 2 rings (SSSR count). The Labute approximate surface area is 77.4 Å². The molecule has 13 heavy (non-hydrogen) atoms. The van der Waals surface area contributed by atoms with Gasteiger partial charge in [-0.1, -0.05) is 13.8 Å². The number of rotatable bonds is 2. The van der Waals surface area contributed by atoms with Crippen LogP contribution in [0.4, 0.5) is 0 Å². The Hall–Kier alpha value is -1.38. The van der Waals surface area contributed by atoms with Crippen LogP contribution in [0, 0.1) is 0 Å². The van der Waals surface area contributed by atoms with Crippen LogP contribution in [0.1, 0.15) is 31.9 Å². The first-order valence-corrected chi connectivity index (χ1v) is 4.59. The van der Waals surface area contributed by atoms with Gasteiger partial charge in [0.25, 0.3) is 0 Å². The average molecular weight is 175 g/mol. The van der Waals surface area contributed by atoms with E-state index < -0.39 is 0 Å². The standard InChI is InChI=1S/C10H13N3/c1-3-8(2)10-4-9-5-11-6-13(9)7-12-10/h4-8H,3H2,1-2H3. The van der Waals surface area contributed by atoms with Gasteiger partial charge >= 0.3 is 0 Å². The van der Waals surface area contributed by atoms with E-state index in [0.717, 1.165) is 17.6 Å². The maximum absolute atomic E-state index is 4.37. The third-order valence-corrected chi connectivity index (χ3v) is 2.44. The molecule has 0 saturated carbocycles. The summed E-state index contributed by atoms with van der Waals surface area (Å²) in [6, 6.07) is 2.10. The predicted molar refractivity (Wildman–Crippen MR) is 51.7 cm³/mol. The molecule has 0 aliphatic carbocycles. The molecule has 0 aliphatic rings. The van der Waals surface area contributed by atoms with E-state index in [1.54, 1.807) is 6.33 Å². The Morgan fingerprint density at radius 1 is 1.46 bits per heavy atom. The summed E-state index contributed by atoms with van der Waals surface area (Å²) < 4.78 is 1.92. The molecule has 1 unspecified atom stereocenters. The van der Waals surface area contributed by atoms with Gasteiger partial charge in [0.05, 0.1) is 11.7 Å². The van der Waals surface area contributed by atoms with E-state index in [2.05, 4.69) is 29.9 Å². The molecule has 0 aromatic carbocycles. The van der Waals surface area contributed by atoms with E-state index in [1.165, 1.54) is 0 Å². The van der Waals surface area contributed by atoms with E-state index >= 15 is 0 Å². The van der Waals surface area contributed by atoms with Gasteiger partial charge in [0.15, 0.2) is 0 Å². The minimum atomic E-state index is 0.528. The number of nitrogens with zero attached hydrogens (tertiary/aromatic N) is 3. The van der Waals surface area contributed by atoms with E-state index in [9.17, 15) is 0 Å².